The average molecular weight is 323 g/mol. The predicted octanol–water partition coefficient (Wildman–Crippen LogP) is 6.99. The number of hydrogen-bond donors (Lipinski definition) is 0. The van der Waals surface area contributed by atoms with E-state index in [4.69, 9.17) is 0 Å². The zero-order valence-electron chi connectivity index (χ0n) is 16.3. The molecule has 0 amide bonds. The summed E-state index contributed by atoms with van der Waals surface area (Å²) in [4.78, 5) is 0. The van der Waals surface area contributed by atoms with E-state index in [1.165, 1.54) is 11.1 Å². The van der Waals surface area contributed by atoms with Crippen LogP contribution in [0.5, 0.6) is 0 Å². The van der Waals surface area contributed by atoms with E-state index in [1.54, 1.807) is 0 Å². The summed E-state index contributed by atoms with van der Waals surface area (Å²) >= 11 is 0. The monoisotopic (exact) mass is 322 g/mol. The Bertz CT molecular complexity index is 554. The minimum absolute atomic E-state index is 0.124. The van der Waals surface area contributed by atoms with Gasteiger partial charge in [0, 0.05) is 10.8 Å². The molecule has 2 atom stereocenters. The Kier molecular flexibility index (Phi) is 5.91. The summed E-state index contributed by atoms with van der Waals surface area (Å²) in [5, 5.41) is 0. The molecule has 0 saturated carbocycles. The van der Waals surface area contributed by atoms with Crippen molar-refractivity contribution in [2.45, 2.75) is 65.2 Å². The lowest BCUT2D eigenvalue weighted by molar-refractivity contribution is 0.0863. The molecular weight excluding hydrogens is 288 g/mol. The number of hydrogen-bond acceptors (Lipinski definition) is 0. The Hall–Kier alpha value is -1.56. The fourth-order valence-electron chi connectivity index (χ4n) is 5.54. The third-order valence-corrected chi connectivity index (χ3v) is 6.46. The first-order valence-corrected chi connectivity index (χ1v) is 9.58. The second kappa shape index (κ2) is 7.55. The van der Waals surface area contributed by atoms with E-state index in [0.717, 1.165) is 12.8 Å². The van der Waals surface area contributed by atoms with Gasteiger partial charge in [-0.1, -0.05) is 102 Å². The van der Waals surface area contributed by atoms with Gasteiger partial charge >= 0.3 is 0 Å². The molecule has 2 rings (SSSR count). The van der Waals surface area contributed by atoms with Crippen LogP contribution in [0, 0.1) is 11.8 Å². The maximum atomic E-state index is 2.41. The lowest BCUT2D eigenvalue weighted by Crippen LogP contribution is -2.55. The Morgan fingerprint density at radius 3 is 1.08 bits per heavy atom. The van der Waals surface area contributed by atoms with Gasteiger partial charge in [-0.25, -0.2) is 0 Å². The van der Waals surface area contributed by atoms with Crippen molar-refractivity contribution in [3.63, 3.8) is 0 Å². The number of rotatable bonds is 7. The zero-order valence-corrected chi connectivity index (χ0v) is 16.3. The molecule has 0 aliphatic rings. The molecule has 2 aromatic rings. The van der Waals surface area contributed by atoms with E-state index in [-0.39, 0.29) is 10.8 Å². The van der Waals surface area contributed by atoms with Crippen LogP contribution in [0.15, 0.2) is 60.7 Å². The Morgan fingerprint density at radius 1 is 0.583 bits per heavy atom. The van der Waals surface area contributed by atoms with Crippen LogP contribution in [-0.4, -0.2) is 0 Å². The molecule has 0 aromatic heterocycles. The Balaban J connectivity index is 2.86. The van der Waals surface area contributed by atoms with E-state index < -0.39 is 0 Å². The molecule has 0 heterocycles. The quantitative estimate of drug-likeness (QED) is 0.515. The fourth-order valence-corrected chi connectivity index (χ4v) is 5.54. The lowest BCUT2D eigenvalue weighted by atomic mass is 9.47. The molecule has 0 nitrogen and oxygen atoms in total. The third kappa shape index (κ3) is 2.70. The SMILES string of the molecule is CC[C@](c1ccccc1)(C(C)C)[C@@](CC)(c1ccccc1)C(C)C. The largest absolute Gasteiger partial charge is 0.0645 e. The van der Waals surface area contributed by atoms with Gasteiger partial charge in [0.1, 0.15) is 0 Å². The van der Waals surface area contributed by atoms with Crippen molar-refractivity contribution < 1.29 is 0 Å². The molecule has 0 unspecified atom stereocenters. The van der Waals surface area contributed by atoms with Crippen molar-refractivity contribution in [1.82, 2.24) is 0 Å². The molecule has 130 valence electrons. The van der Waals surface area contributed by atoms with Crippen LogP contribution in [0.1, 0.15) is 65.5 Å². The minimum Gasteiger partial charge on any atom is -0.0645 e. The van der Waals surface area contributed by atoms with E-state index >= 15 is 0 Å². The highest BCUT2D eigenvalue weighted by Gasteiger charge is 2.54. The van der Waals surface area contributed by atoms with Crippen molar-refractivity contribution in [2.75, 3.05) is 0 Å². The smallest absolute Gasteiger partial charge is 0.00725 e. The van der Waals surface area contributed by atoms with Crippen molar-refractivity contribution in [2.24, 2.45) is 11.8 Å². The fraction of sp³-hybridized carbons (Fsp3) is 0.500. The summed E-state index contributed by atoms with van der Waals surface area (Å²) < 4.78 is 0. The molecule has 24 heavy (non-hydrogen) atoms. The lowest BCUT2D eigenvalue weighted by Gasteiger charge is -2.56. The zero-order chi connectivity index (χ0) is 17.8. The molecular formula is C24H34. The number of benzene rings is 2. The maximum absolute atomic E-state index is 2.41. The van der Waals surface area contributed by atoms with Crippen LogP contribution < -0.4 is 0 Å². The molecule has 0 aliphatic heterocycles. The summed E-state index contributed by atoms with van der Waals surface area (Å²) in [5.41, 5.74) is 3.22. The highest BCUT2D eigenvalue weighted by atomic mass is 14.6. The summed E-state index contributed by atoms with van der Waals surface area (Å²) in [6.07, 6.45) is 2.30. The predicted molar refractivity (Wildman–Crippen MR) is 106 cm³/mol. The van der Waals surface area contributed by atoms with Crippen molar-refractivity contribution in [1.29, 1.82) is 0 Å². The van der Waals surface area contributed by atoms with Crippen LogP contribution in [0.3, 0.4) is 0 Å². The highest BCUT2D eigenvalue weighted by Crippen LogP contribution is 2.56. The van der Waals surface area contributed by atoms with Crippen molar-refractivity contribution in [3.05, 3.63) is 71.8 Å². The topological polar surface area (TPSA) is 0 Å². The average Bonchev–Trinajstić information content (AvgIpc) is 2.60. The Labute approximate surface area is 149 Å². The maximum Gasteiger partial charge on any atom is 0.00725 e. The summed E-state index contributed by atoms with van der Waals surface area (Å²) in [6, 6.07) is 22.5. The molecule has 2 aromatic carbocycles. The van der Waals surface area contributed by atoms with Crippen molar-refractivity contribution >= 4 is 0 Å². The van der Waals surface area contributed by atoms with E-state index in [2.05, 4.69) is 102 Å². The summed E-state index contributed by atoms with van der Waals surface area (Å²) in [5.74, 6) is 1.12. The second-order valence-corrected chi connectivity index (χ2v) is 7.69. The molecule has 0 saturated heterocycles. The molecule has 0 spiro atoms. The van der Waals surface area contributed by atoms with E-state index in [9.17, 15) is 0 Å². The van der Waals surface area contributed by atoms with Gasteiger partial charge < -0.3 is 0 Å². The molecule has 0 bridgehead atoms. The molecule has 0 radical (unpaired) electrons. The van der Waals surface area contributed by atoms with E-state index in [0.29, 0.717) is 11.8 Å². The molecule has 0 heteroatoms. The van der Waals surface area contributed by atoms with Gasteiger partial charge in [0.15, 0.2) is 0 Å². The van der Waals surface area contributed by atoms with Crippen LogP contribution in [0.2, 0.25) is 0 Å². The Morgan fingerprint density at radius 2 is 0.875 bits per heavy atom. The molecule has 0 aliphatic carbocycles. The first-order chi connectivity index (χ1) is 11.5. The second-order valence-electron chi connectivity index (χ2n) is 7.69. The molecule has 0 N–H and O–H groups in total. The highest BCUT2D eigenvalue weighted by molar-refractivity contribution is 5.40. The van der Waals surface area contributed by atoms with Gasteiger partial charge in [-0.3, -0.25) is 0 Å². The molecule has 0 fully saturated rings. The van der Waals surface area contributed by atoms with Gasteiger partial charge in [0.05, 0.1) is 0 Å². The first kappa shape index (κ1) is 18.8. The van der Waals surface area contributed by atoms with Gasteiger partial charge in [-0.15, -0.1) is 0 Å². The van der Waals surface area contributed by atoms with Crippen LogP contribution in [0.4, 0.5) is 0 Å². The van der Waals surface area contributed by atoms with Crippen molar-refractivity contribution in [3.8, 4) is 0 Å². The van der Waals surface area contributed by atoms with Crippen LogP contribution in [0.25, 0.3) is 0 Å². The van der Waals surface area contributed by atoms with Gasteiger partial charge in [-0.2, -0.15) is 0 Å². The first-order valence-electron chi connectivity index (χ1n) is 9.58. The summed E-state index contributed by atoms with van der Waals surface area (Å²) in [7, 11) is 0. The van der Waals surface area contributed by atoms with Crippen LogP contribution in [-0.2, 0) is 10.8 Å². The normalized spacial score (nSPS) is 16.8. The minimum atomic E-state index is 0.124. The standard InChI is InChI=1S/C24H34/c1-7-23(19(3)4,21-15-11-9-12-16-21)24(8-2,20(5)6)22-17-13-10-14-18-22/h9-20H,7-8H2,1-6H3/t23-,24-/m1/s1. The van der Waals surface area contributed by atoms with Gasteiger partial charge in [0.25, 0.3) is 0 Å². The van der Waals surface area contributed by atoms with Gasteiger partial charge in [0.2, 0.25) is 0 Å². The third-order valence-electron chi connectivity index (χ3n) is 6.46. The summed E-state index contributed by atoms with van der Waals surface area (Å²) in [6.45, 7) is 14.4. The van der Waals surface area contributed by atoms with Gasteiger partial charge in [-0.05, 0) is 35.8 Å². The van der Waals surface area contributed by atoms with Crippen LogP contribution >= 0.6 is 0 Å². The van der Waals surface area contributed by atoms with E-state index in [1.807, 2.05) is 0 Å².